The number of aliphatic hydroxyl groups excluding tert-OH is 1. The Balaban J connectivity index is 2.29. The number of nitro groups is 1. The van der Waals surface area contributed by atoms with Crippen LogP contribution in [0.4, 0.5) is 5.69 Å². The summed E-state index contributed by atoms with van der Waals surface area (Å²) in [5, 5.41) is 20.9. The molecular weight excluding hydrogens is 278 g/mol. The Morgan fingerprint density at radius 2 is 2.29 bits per heavy atom. The lowest BCUT2D eigenvalue weighted by molar-refractivity contribution is -0.384. The number of esters is 1. The van der Waals surface area contributed by atoms with Crippen LogP contribution in [0.5, 0.6) is 0 Å². The van der Waals surface area contributed by atoms with Crippen LogP contribution in [-0.2, 0) is 16.6 Å². The average Bonchev–Trinajstić information content (AvgIpc) is 2.81. The van der Waals surface area contributed by atoms with Crippen molar-refractivity contribution in [3.05, 3.63) is 34.1 Å². The summed E-state index contributed by atoms with van der Waals surface area (Å²) in [5.41, 5.74) is 1.04. The van der Waals surface area contributed by atoms with Gasteiger partial charge in [-0.15, -0.1) is 0 Å². The van der Waals surface area contributed by atoms with Crippen molar-refractivity contribution in [2.24, 2.45) is 7.05 Å². The number of hydrogen-bond acceptors (Lipinski definition) is 6. The molecule has 0 spiro atoms. The summed E-state index contributed by atoms with van der Waals surface area (Å²) in [6.45, 7) is 0. The van der Waals surface area contributed by atoms with Crippen molar-refractivity contribution in [2.45, 2.75) is 18.9 Å². The van der Waals surface area contributed by atoms with Gasteiger partial charge in [-0.3, -0.25) is 14.9 Å². The molecule has 1 aromatic heterocycles. The Bertz CT molecular complexity index is 694. The van der Waals surface area contributed by atoms with Crippen LogP contribution in [0, 0.1) is 10.1 Å². The molecule has 1 aromatic carbocycles. The topological polar surface area (TPSA) is 107 Å². The largest absolute Gasteiger partial charge is 0.469 e. The maximum absolute atomic E-state index is 11.1. The molecule has 8 nitrogen and oxygen atoms in total. The van der Waals surface area contributed by atoms with E-state index in [4.69, 9.17) is 0 Å². The zero-order valence-corrected chi connectivity index (χ0v) is 11.6. The molecule has 2 rings (SSSR count). The highest BCUT2D eigenvalue weighted by molar-refractivity contribution is 5.78. The summed E-state index contributed by atoms with van der Waals surface area (Å²) >= 11 is 0. The van der Waals surface area contributed by atoms with Crippen molar-refractivity contribution in [1.29, 1.82) is 0 Å². The predicted octanol–water partition coefficient (Wildman–Crippen LogP) is 1.47. The molecule has 1 heterocycles. The number of carbonyl (C=O) groups excluding carboxylic acids is 1. The van der Waals surface area contributed by atoms with Crippen molar-refractivity contribution in [3.8, 4) is 0 Å². The summed E-state index contributed by atoms with van der Waals surface area (Å²) in [7, 11) is 2.99. The van der Waals surface area contributed by atoms with Gasteiger partial charge in [0, 0.05) is 25.6 Å². The summed E-state index contributed by atoms with van der Waals surface area (Å²) in [5.74, 6) is -0.0575. The molecular formula is C13H15N3O5. The Morgan fingerprint density at radius 1 is 1.57 bits per heavy atom. The number of carbonyl (C=O) groups is 1. The van der Waals surface area contributed by atoms with Gasteiger partial charge in [-0.2, -0.15) is 0 Å². The molecule has 0 aliphatic carbocycles. The van der Waals surface area contributed by atoms with Crippen LogP contribution in [-0.4, -0.2) is 32.7 Å². The highest BCUT2D eigenvalue weighted by Crippen LogP contribution is 2.25. The zero-order chi connectivity index (χ0) is 15.6. The Kier molecular flexibility index (Phi) is 4.18. The van der Waals surface area contributed by atoms with Crippen molar-refractivity contribution in [1.82, 2.24) is 9.55 Å². The monoisotopic (exact) mass is 293 g/mol. The number of hydrogen-bond donors (Lipinski definition) is 1. The number of aryl methyl sites for hydroxylation is 1. The fourth-order valence-electron chi connectivity index (χ4n) is 2.10. The van der Waals surface area contributed by atoms with E-state index in [0.29, 0.717) is 16.9 Å². The molecule has 0 aliphatic heterocycles. The molecule has 0 fully saturated rings. The van der Waals surface area contributed by atoms with Gasteiger partial charge in [-0.25, -0.2) is 4.98 Å². The molecule has 1 unspecified atom stereocenters. The van der Waals surface area contributed by atoms with Crippen molar-refractivity contribution >= 4 is 22.7 Å². The van der Waals surface area contributed by atoms with E-state index >= 15 is 0 Å². The van der Waals surface area contributed by atoms with Gasteiger partial charge in [0.25, 0.3) is 5.69 Å². The van der Waals surface area contributed by atoms with Gasteiger partial charge >= 0.3 is 5.97 Å². The van der Waals surface area contributed by atoms with Crippen molar-refractivity contribution in [3.63, 3.8) is 0 Å². The quantitative estimate of drug-likeness (QED) is 0.508. The second kappa shape index (κ2) is 5.88. The zero-order valence-electron chi connectivity index (χ0n) is 11.6. The van der Waals surface area contributed by atoms with Crippen LogP contribution in [0.2, 0.25) is 0 Å². The van der Waals surface area contributed by atoms with Crippen LogP contribution >= 0.6 is 0 Å². The Labute approximate surface area is 120 Å². The summed E-state index contributed by atoms with van der Waals surface area (Å²) < 4.78 is 6.17. The molecule has 21 heavy (non-hydrogen) atoms. The SMILES string of the molecule is COC(=O)CCC(O)c1nc2cc([N+](=O)[O-])ccc2n1C. The standard InChI is InChI=1S/C13H15N3O5/c1-15-10-4-3-8(16(19)20)7-9(10)14-13(15)11(17)5-6-12(18)21-2/h3-4,7,11,17H,5-6H2,1-2H3. The number of aliphatic hydroxyl groups is 1. The van der Waals surface area contributed by atoms with E-state index in [1.165, 1.54) is 19.2 Å². The molecule has 0 aliphatic rings. The Morgan fingerprint density at radius 3 is 2.90 bits per heavy atom. The first-order chi connectivity index (χ1) is 9.93. The van der Waals surface area contributed by atoms with Gasteiger partial charge in [0.1, 0.15) is 11.9 Å². The first-order valence-electron chi connectivity index (χ1n) is 6.29. The number of fused-ring (bicyclic) bond motifs is 1. The van der Waals surface area contributed by atoms with Gasteiger partial charge < -0.3 is 14.4 Å². The number of aromatic nitrogens is 2. The number of nitro benzene ring substituents is 1. The molecule has 2 aromatic rings. The van der Waals surface area contributed by atoms with Crippen LogP contribution < -0.4 is 0 Å². The minimum atomic E-state index is -0.944. The summed E-state index contributed by atoms with van der Waals surface area (Å²) in [4.78, 5) is 25.6. The highest BCUT2D eigenvalue weighted by Gasteiger charge is 2.19. The fourth-order valence-corrected chi connectivity index (χ4v) is 2.10. The number of non-ortho nitro benzene ring substituents is 1. The molecule has 0 amide bonds. The predicted molar refractivity (Wildman–Crippen MR) is 73.6 cm³/mol. The third-order valence-corrected chi connectivity index (χ3v) is 3.26. The molecule has 0 bridgehead atoms. The maximum Gasteiger partial charge on any atom is 0.305 e. The minimum Gasteiger partial charge on any atom is -0.469 e. The van der Waals surface area contributed by atoms with Crippen LogP contribution in [0.3, 0.4) is 0 Å². The lowest BCUT2D eigenvalue weighted by Gasteiger charge is -2.09. The third-order valence-electron chi connectivity index (χ3n) is 3.26. The highest BCUT2D eigenvalue weighted by atomic mass is 16.6. The number of ether oxygens (including phenoxy) is 1. The smallest absolute Gasteiger partial charge is 0.305 e. The van der Waals surface area contributed by atoms with Gasteiger partial charge in [-0.1, -0.05) is 0 Å². The average molecular weight is 293 g/mol. The van der Waals surface area contributed by atoms with Gasteiger partial charge in [0.15, 0.2) is 0 Å². The Hall–Kier alpha value is -2.48. The molecule has 0 radical (unpaired) electrons. The van der Waals surface area contributed by atoms with Crippen molar-refractivity contribution in [2.75, 3.05) is 7.11 Å². The van der Waals surface area contributed by atoms with E-state index in [9.17, 15) is 20.0 Å². The lowest BCUT2D eigenvalue weighted by atomic mass is 10.2. The molecule has 0 saturated carbocycles. The molecule has 112 valence electrons. The van der Waals surface area contributed by atoms with Crippen LogP contribution in [0.1, 0.15) is 24.8 Å². The van der Waals surface area contributed by atoms with E-state index in [-0.39, 0.29) is 18.5 Å². The summed E-state index contributed by atoms with van der Waals surface area (Å²) in [6, 6.07) is 4.32. The molecule has 8 heteroatoms. The molecule has 1 atom stereocenters. The lowest BCUT2D eigenvalue weighted by Crippen LogP contribution is -2.09. The maximum atomic E-state index is 11.1. The van der Waals surface area contributed by atoms with Crippen molar-refractivity contribution < 1.29 is 19.6 Å². The van der Waals surface area contributed by atoms with E-state index in [1.807, 2.05) is 0 Å². The number of imidazole rings is 1. The van der Waals surface area contributed by atoms with E-state index in [2.05, 4.69) is 9.72 Å². The van der Waals surface area contributed by atoms with Gasteiger partial charge in [0.05, 0.1) is 23.1 Å². The van der Waals surface area contributed by atoms with Crippen LogP contribution in [0.25, 0.3) is 11.0 Å². The molecule has 0 saturated heterocycles. The minimum absolute atomic E-state index is 0.0591. The van der Waals surface area contributed by atoms with Gasteiger partial charge in [-0.05, 0) is 12.5 Å². The van der Waals surface area contributed by atoms with Crippen LogP contribution in [0.15, 0.2) is 18.2 Å². The van der Waals surface area contributed by atoms with Gasteiger partial charge in [0.2, 0.25) is 0 Å². The number of benzene rings is 1. The van der Waals surface area contributed by atoms with E-state index in [0.717, 1.165) is 0 Å². The number of methoxy groups -OCH3 is 1. The first kappa shape index (κ1) is 14.9. The molecule has 1 N–H and O–H groups in total. The second-order valence-electron chi connectivity index (χ2n) is 4.59. The second-order valence-corrected chi connectivity index (χ2v) is 4.59. The number of rotatable bonds is 5. The third kappa shape index (κ3) is 3.00. The van der Waals surface area contributed by atoms with E-state index in [1.54, 1.807) is 17.7 Å². The normalized spacial score (nSPS) is 12.3. The number of nitrogens with zero attached hydrogens (tertiary/aromatic N) is 3. The fraction of sp³-hybridized carbons (Fsp3) is 0.385. The van der Waals surface area contributed by atoms with E-state index < -0.39 is 17.0 Å². The summed E-state index contributed by atoms with van der Waals surface area (Å²) in [6.07, 6.45) is -0.701. The first-order valence-corrected chi connectivity index (χ1v) is 6.29.